The van der Waals surface area contributed by atoms with Crippen LogP contribution in [0, 0.1) is 6.92 Å². The van der Waals surface area contributed by atoms with Crippen LogP contribution in [0.15, 0.2) is 35.2 Å². The molecular formula is C21H24BrN5O2. The van der Waals surface area contributed by atoms with Crippen LogP contribution < -0.4 is 10.6 Å². The van der Waals surface area contributed by atoms with Crippen molar-refractivity contribution in [2.75, 3.05) is 11.9 Å². The molecule has 4 rings (SSSR count). The van der Waals surface area contributed by atoms with E-state index in [1.807, 2.05) is 35.7 Å². The zero-order valence-electron chi connectivity index (χ0n) is 16.7. The van der Waals surface area contributed by atoms with Crippen molar-refractivity contribution in [1.29, 1.82) is 0 Å². The van der Waals surface area contributed by atoms with Gasteiger partial charge in [-0.3, -0.25) is 9.20 Å². The van der Waals surface area contributed by atoms with Gasteiger partial charge in [-0.15, -0.1) is 0 Å². The SMILES string of the molecule is Cc1ccc(-c2cnc3c(NCC(C)(C)O)nc(Br)cn23)c(C(=O)NC2CC2)c1. The van der Waals surface area contributed by atoms with E-state index in [1.54, 1.807) is 20.0 Å². The Labute approximate surface area is 177 Å². The number of anilines is 1. The topological polar surface area (TPSA) is 91.6 Å². The van der Waals surface area contributed by atoms with Crippen molar-refractivity contribution in [3.05, 3.63) is 46.3 Å². The number of hydrogen-bond donors (Lipinski definition) is 3. The molecule has 0 radical (unpaired) electrons. The van der Waals surface area contributed by atoms with Crippen molar-refractivity contribution >= 4 is 33.3 Å². The number of imidazole rings is 1. The van der Waals surface area contributed by atoms with Gasteiger partial charge in [-0.05, 0) is 55.6 Å². The van der Waals surface area contributed by atoms with Crippen molar-refractivity contribution in [2.24, 2.45) is 0 Å². The van der Waals surface area contributed by atoms with Crippen LogP contribution in [0.2, 0.25) is 0 Å². The van der Waals surface area contributed by atoms with Crippen LogP contribution in [0.5, 0.6) is 0 Å². The molecule has 2 heterocycles. The van der Waals surface area contributed by atoms with Crippen LogP contribution in [0.3, 0.4) is 0 Å². The summed E-state index contributed by atoms with van der Waals surface area (Å²) in [4.78, 5) is 21.8. The molecule has 1 fully saturated rings. The van der Waals surface area contributed by atoms with Gasteiger partial charge < -0.3 is 15.7 Å². The fraction of sp³-hybridized carbons (Fsp3) is 0.381. The molecule has 152 valence electrons. The fourth-order valence-electron chi connectivity index (χ4n) is 3.14. The number of nitrogens with zero attached hydrogens (tertiary/aromatic N) is 3. The predicted octanol–water partition coefficient (Wildman–Crippen LogP) is 3.54. The first-order valence-electron chi connectivity index (χ1n) is 9.63. The number of nitrogens with one attached hydrogen (secondary N) is 2. The van der Waals surface area contributed by atoms with Gasteiger partial charge in [-0.25, -0.2) is 9.97 Å². The van der Waals surface area contributed by atoms with Gasteiger partial charge in [0.2, 0.25) is 0 Å². The third kappa shape index (κ3) is 4.43. The zero-order chi connectivity index (χ0) is 20.8. The molecule has 1 aliphatic rings. The van der Waals surface area contributed by atoms with Crippen LogP contribution >= 0.6 is 15.9 Å². The maximum absolute atomic E-state index is 12.8. The summed E-state index contributed by atoms with van der Waals surface area (Å²) in [5, 5.41) is 16.3. The van der Waals surface area contributed by atoms with Crippen LogP contribution in [-0.4, -0.2) is 43.6 Å². The maximum Gasteiger partial charge on any atom is 0.252 e. The number of amides is 1. The predicted molar refractivity (Wildman–Crippen MR) is 116 cm³/mol. The molecule has 1 aromatic carbocycles. The molecule has 0 saturated heterocycles. The van der Waals surface area contributed by atoms with Crippen molar-refractivity contribution in [3.8, 4) is 11.3 Å². The second-order valence-corrected chi connectivity index (χ2v) is 9.02. The van der Waals surface area contributed by atoms with Gasteiger partial charge in [0.15, 0.2) is 11.5 Å². The number of fused-ring (bicyclic) bond motifs is 1. The highest BCUT2D eigenvalue weighted by Crippen LogP contribution is 2.30. The summed E-state index contributed by atoms with van der Waals surface area (Å²) in [5.74, 6) is 0.499. The molecule has 2 aromatic heterocycles. The van der Waals surface area contributed by atoms with Crippen LogP contribution in [0.25, 0.3) is 16.9 Å². The number of hydrogen-bond acceptors (Lipinski definition) is 5. The molecule has 3 N–H and O–H groups in total. The standard InChI is InChI=1S/C21H24BrN5O2/c1-12-4-7-14(15(8-12)20(28)25-13-5-6-13)16-9-23-19-18(24-11-21(2,3)29)26-17(22)10-27(16)19/h4,7-10,13,29H,5-6,11H2,1-3H3,(H,24,26)(H,25,28). The molecule has 0 atom stereocenters. The van der Waals surface area contributed by atoms with Gasteiger partial charge in [0, 0.05) is 29.9 Å². The molecule has 0 unspecified atom stereocenters. The number of rotatable bonds is 6. The first kappa shape index (κ1) is 19.8. The summed E-state index contributed by atoms with van der Waals surface area (Å²) in [5.41, 5.74) is 3.02. The minimum Gasteiger partial charge on any atom is -0.389 e. The maximum atomic E-state index is 12.8. The summed E-state index contributed by atoms with van der Waals surface area (Å²) >= 11 is 3.45. The first-order valence-corrected chi connectivity index (χ1v) is 10.4. The van der Waals surface area contributed by atoms with Gasteiger partial charge in [0.1, 0.15) is 4.60 Å². The van der Waals surface area contributed by atoms with E-state index in [-0.39, 0.29) is 11.9 Å². The second-order valence-electron chi connectivity index (χ2n) is 8.21. The van der Waals surface area contributed by atoms with Crippen molar-refractivity contribution in [3.63, 3.8) is 0 Å². The summed E-state index contributed by atoms with van der Waals surface area (Å²) in [7, 11) is 0. The van der Waals surface area contributed by atoms with Gasteiger partial charge in [0.05, 0.1) is 17.5 Å². The van der Waals surface area contributed by atoms with Gasteiger partial charge in [-0.2, -0.15) is 0 Å². The minimum atomic E-state index is -0.887. The molecule has 1 amide bonds. The van der Waals surface area contributed by atoms with Crippen molar-refractivity contribution < 1.29 is 9.90 Å². The van der Waals surface area contributed by atoms with E-state index in [1.165, 1.54) is 0 Å². The Morgan fingerprint density at radius 3 is 2.83 bits per heavy atom. The highest BCUT2D eigenvalue weighted by molar-refractivity contribution is 9.10. The average Bonchev–Trinajstić information content (AvgIpc) is 3.36. The van der Waals surface area contributed by atoms with Crippen LogP contribution in [-0.2, 0) is 0 Å². The fourth-order valence-corrected chi connectivity index (χ4v) is 3.52. The number of halogens is 1. The third-order valence-corrected chi connectivity index (χ3v) is 5.14. The number of aryl methyl sites for hydroxylation is 1. The largest absolute Gasteiger partial charge is 0.389 e. The highest BCUT2D eigenvalue weighted by Gasteiger charge is 2.26. The molecule has 29 heavy (non-hydrogen) atoms. The lowest BCUT2D eigenvalue weighted by atomic mass is 10.0. The molecule has 0 aliphatic heterocycles. The Balaban J connectivity index is 1.79. The molecule has 1 aliphatic carbocycles. The van der Waals surface area contributed by atoms with Crippen LogP contribution in [0.1, 0.15) is 42.6 Å². The lowest BCUT2D eigenvalue weighted by Crippen LogP contribution is -2.29. The number of carbonyl (C=O) groups is 1. The highest BCUT2D eigenvalue weighted by atomic mass is 79.9. The lowest BCUT2D eigenvalue weighted by Gasteiger charge is -2.18. The zero-order valence-corrected chi connectivity index (χ0v) is 18.2. The molecule has 0 spiro atoms. The first-order chi connectivity index (χ1) is 13.7. The molecule has 8 heteroatoms. The molecule has 7 nitrogen and oxygen atoms in total. The summed E-state index contributed by atoms with van der Waals surface area (Å²) in [6.07, 6.45) is 5.65. The molecule has 3 aromatic rings. The third-order valence-electron chi connectivity index (χ3n) is 4.76. The van der Waals surface area contributed by atoms with Gasteiger partial charge in [0.25, 0.3) is 5.91 Å². The Morgan fingerprint density at radius 1 is 1.38 bits per heavy atom. The van der Waals surface area contributed by atoms with E-state index in [2.05, 4.69) is 36.5 Å². The minimum absolute atomic E-state index is 0.0605. The summed E-state index contributed by atoms with van der Waals surface area (Å²) < 4.78 is 2.53. The number of aromatic nitrogens is 3. The second kappa shape index (κ2) is 7.42. The monoisotopic (exact) mass is 457 g/mol. The smallest absolute Gasteiger partial charge is 0.252 e. The average molecular weight is 458 g/mol. The van der Waals surface area contributed by atoms with Crippen molar-refractivity contribution in [1.82, 2.24) is 19.7 Å². The van der Waals surface area contributed by atoms with E-state index >= 15 is 0 Å². The number of benzene rings is 1. The Morgan fingerprint density at radius 2 is 2.14 bits per heavy atom. The number of carbonyl (C=O) groups excluding carboxylic acids is 1. The Bertz CT molecular complexity index is 1080. The Kier molecular flexibility index (Phi) is 5.08. The van der Waals surface area contributed by atoms with E-state index < -0.39 is 5.60 Å². The van der Waals surface area contributed by atoms with E-state index in [9.17, 15) is 9.90 Å². The molecule has 1 saturated carbocycles. The summed E-state index contributed by atoms with van der Waals surface area (Å²) in [6, 6.07) is 6.15. The van der Waals surface area contributed by atoms with E-state index in [0.717, 1.165) is 29.7 Å². The van der Waals surface area contributed by atoms with Crippen molar-refractivity contribution in [2.45, 2.75) is 45.3 Å². The van der Waals surface area contributed by atoms with E-state index in [0.29, 0.717) is 28.2 Å². The number of aliphatic hydroxyl groups is 1. The lowest BCUT2D eigenvalue weighted by molar-refractivity contribution is 0.0940. The normalized spacial score (nSPS) is 14.2. The van der Waals surface area contributed by atoms with E-state index in [4.69, 9.17) is 0 Å². The van der Waals surface area contributed by atoms with Crippen LogP contribution in [0.4, 0.5) is 5.82 Å². The molecular weight excluding hydrogens is 434 g/mol. The Hall–Kier alpha value is -2.45. The van der Waals surface area contributed by atoms with Gasteiger partial charge >= 0.3 is 0 Å². The summed E-state index contributed by atoms with van der Waals surface area (Å²) in [6.45, 7) is 5.76. The molecule has 0 bridgehead atoms. The quantitative estimate of drug-likeness (QED) is 0.526. The van der Waals surface area contributed by atoms with Gasteiger partial charge in [-0.1, -0.05) is 17.7 Å².